The summed E-state index contributed by atoms with van der Waals surface area (Å²) in [5, 5.41) is 2.99. The van der Waals surface area contributed by atoms with E-state index in [1.54, 1.807) is 12.1 Å². The van der Waals surface area contributed by atoms with Gasteiger partial charge in [-0.2, -0.15) is 0 Å². The Kier molecular flexibility index (Phi) is 3.25. The van der Waals surface area contributed by atoms with E-state index in [1.165, 1.54) is 6.20 Å². The van der Waals surface area contributed by atoms with Crippen molar-refractivity contribution in [3.63, 3.8) is 0 Å². The molecule has 0 bridgehead atoms. The predicted octanol–water partition coefficient (Wildman–Crippen LogP) is 1.92. The smallest absolute Gasteiger partial charge is 0.270 e. The Bertz CT molecular complexity index is 625. The SMILES string of the molecule is Nc1ccc(C(=O)NC2CCOc3ccccc32)nc1. The van der Waals surface area contributed by atoms with E-state index in [4.69, 9.17) is 10.5 Å². The molecule has 5 heteroatoms. The van der Waals surface area contributed by atoms with Gasteiger partial charge in [0.05, 0.1) is 24.5 Å². The number of ether oxygens (including phenoxy) is 1. The summed E-state index contributed by atoms with van der Waals surface area (Å²) >= 11 is 0. The predicted molar refractivity (Wildman–Crippen MR) is 75.4 cm³/mol. The van der Waals surface area contributed by atoms with Gasteiger partial charge in [-0.15, -0.1) is 0 Å². The molecule has 5 nitrogen and oxygen atoms in total. The number of aromatic nitrogens is 1. The molecule has 0 spiro atoms. The number of nitrogen functional groups attached to an aromatic ring is 1. The molecule has 102 valence electrons. The van der Waals surface area contributed by atoms with E-state index in [1.807, 2.05) is 24.3 Å². The third-order valence-electron chi connectivity index (χ3n) is 3.28. The van der Waals surface area contributed by atoms with Crippen molar-refractivity contribution in [3.8, 4) is 5.75 Å². The number of nitrogens with zero attached hydrogens (tertiary/aromatic N) is 1. The summed E-state index contributed by atoms with van der Waals surface area (Å²) in [6, 6.07) is 11.0. The zero-order valence-corrected chi connectivity index (χ0v) is 10.9. The first-order valence-corrected chi connectivity index (χ1v) is 6.48. The minimum Gasteiger partial charge on any atom is -0.493 e. The number of nitrogens with two attached hydrogens (primary N) is 1. The van der Waals surface area contributed by atoms with Crippen molar-refractivity contribution >= 4 is 11.6 Å². The van der Waals surface area contributed by atoms with Crippen molar-refractivity contribution in [3.05, 3.63) is 53.9 Å². The number of carbonyl (C=O) groups excluding carboxylic acids is 1. The van der Waals surface area contributed by atoms with Gasteiger partial charge in [-0.1, -0.05) is 18.2 Å². The number of fused-ring (bicyclic) bond motifs is 1. The van der Waals surface area contributed by atoms with Gasteiger partial charge in [0.1, 0.15) is 11.4 Å². The number of para-hydroxylation sites is 1. The fourth-order valence-corrected chi connectivity index (χ4v) is 2.26. The van der Waals surface area contributed by atoms with Crippen LogP contribution in [0, 0.1) is 0 Å². The molecule has 1 aromatic carbocycles. The first kappa shape index (κ1) is 12.5. The Hall–Kier alpha value is -2.56. The van der Waals surface area contributed by atoms with Gasteiger partial charge < -0.3 is 15.8 Å². The van der Waals surface area contributed by atoms with Crippen LogP contribution in [0.2, 0.25) is 0 Å². The van der Waals surface area contributed by atoms with Crippen LogP contribution in [0.3, 0.4) is 0 Å². The minimum absolute atomic E-state index is 0.0493. The zero-order valence-electron chi connectivity index (χ0n) is 10.9. The van der Waals surface area contributed by atoms with Crippen molar-refractivity contribution in [1.82, 2.24) is 10.3 Å². The Morgan fingerprint density at radius 3 is 2.95 bits per heavy atom. The fraction of sp³-hybridized carbons (Fsp3) is 0.200. The van der Waals surface area contributed by atoms with Crippen molar-refractivity contribution in [2.45, 2.75) is 12.5 Å². The molecule has 1 amide bonds. The lowest BCUT2D eigenvalue weighted by molar-refractivity contribution is 0.0920. The summed E-state index contributed by atoms with van der Waals surface area (Å²) in [5.41, 5.74) is 7.47. The highest BCUT2D eigenvalue weighted by atomic mass is 16.5. The monoisotopic (exact) mass is 269 g/mol. The van der Waals surface area contributed by atoms with Crippen LogP contribution in [0.1, 0.15) is 28.5 Å². The van der Waals surface area contributed by atoms with Gasteiger partial charge in [-0.05, 0) is 18.2 Å². The molecule has 20 heavy (non-hydrogen) atoms. The average Bonchev–Trinajstić information content (AvgIpc) is 2.48. The van der Waals surface area contributed by atoms with Crippen LogP contribution >= 0.6 is 0 Å². The molecular weight excluding hydrogens is 254 g/mol. The molecule has 0 fully saturated rings. The molecular formula is C15H15N3O2. The summed E-state index contributed by atoms with van der Waals surface area (Å²) in [7, 11) is 0. The van der Waals surface area contributed by atoms with E-state index >= 15 is 0 Å². The highest BCUT2D eigenvalue weighted by molar-refractivity contribution is 5.92. The van der Waals surface area contributed by atoms with Crippen molar-refractivity contribution in [2.75, 3.05) is 12.3 Å². The third-order valence-corrected chi connectivity index (χ3v) is 3.28. The Labute approximate surface area is 116 Å². The van der Waals surface area contributed by atoms with E-state index in [2.05, 4.69) is 10.3 Å². The van der Waals surface area contributed by atoms with E-state index in [0.717, 1.165) is 17.7 Å². The zero-order chi connectivity index (χ0) is 13.9. The number of anilines is 1. The van der Waals surface area contributed by atoms with Gasteiger partial charge in [0.15, 0.2) is 0 Å². The first-order valence-electron chi connectivity index (χ1n) is 6.48. The van der Waals surface area contributed by atoms with E-state index in [9.17, 15) is 4.79 Å². The van der Waals surface area contributed by atoms with Gasteiger partial charge in [-0.25, -0.2) is 4.98 Å². The summed E-state index contributed by atoms with van der Waals surface area (Å²) in [5.74, 6) is 0.626. The van der Waals surface area contributed by atoms with Gasteiger partial charge in [0, 0.05) is 12.0 Å². The molecule has 1 atom stereocenters. The number of hydrogen-bond donors (Lipinski definition) is 2. The van der Waals surface area contributed by atoms with Gasteiger partial charge in [0.2, 0.25) is 0 Å². The molecule has 2 heterocycles. The highest BCUT2D eigenvalue weighted by Gasteiger charge is 2.23. The number of pyridine rings is 1. The lowest BCUT2D eigenvalue weighted by Crippen LogP contribution is -2.32. The van der Waals surface area contributed by atoms with E-state index in [0.29, 0.717) is 18.0 Å². The molecule has 0 radical (unpaired) electrons. The number of nitrogens with one attached hydrogen (secondary N) is 1. The maximum atomic E-state index is 12.2. The van der Waals surface area contributed by atoms with Crippen molar-refractivity contribution in [1.29, 1.82) is 0 Å². The normalized spacial score (nSPS) is 16.9. The van der Waals surface area contributed by atoms with E-state index in [-0.39, 0.29) is 11.9 Å². The molecule has 2 aromatic rings. The number of carbonyl (C=O) groups is 1. The molecule has 1 aromatic heterocycles. The molecule has 3 N–H and O–H groups in total. The third kappa shape index (κ3) is 2.42. The molecule has 0 aliphatic carbocycles. The van der Waals surface area contributed by atoms with Crippen LogP contribution in [0.25, 0.3) is 0 Å². The van der Waals surface area contributed by atoms with Gasteiger partial charge in [0.25, 0.3) is 5.91 Å². The quantitative estimate of drug-likeness (QED) is 0.873. The van der Waals surface area contributed by atoms with Crippen LogP contribution in [-0.4, -0.2) is 17.5 Å². The topological polar surface area (TPSA) is 77.2 Å². The van der Waals surface area contributed by atoms with Crippen LogP contribution < -0.4 is 15.8 Å². The van der Waals surface area contributed by atoms with Crippen LogP contribution in [-0.2, 0) is 0 Å². The number of benzene rings is 1. The molecule has 0 saturated heterocycles. The summed E-state index contributed by atoms with van der Waals surface area (Å²) in [6.07, 6.45) is 2.23. The fourth-order valence-electron chi connectivity index (χ4n) is 2.26. The number of rotatable bonds is 2. The number of amides is 1. The largest absolute Gasteiger partial charge is 0.493 e. The highest BCUT2D eigenvalue weighted by Crippen LogP contribution is 2.31. The lowest BCUT2D eigenvalue weighted by atomic mass is 10.0. The molecule has 1 unspecified atom stereocenters. The maximum Gasteiger partial charge on any atom is 0.270 e. The second-order valence-corrected chi connectivity index (χ2v) is 4.68. The Balaban J connectivity index is 1.79. The minimum atomic E-state index is -0.202. The first-order chi connectivity index (χ1) is 9.74. The van der Waals surface area contributed by atoms with E-state index < -0.39 is 0 Å². The van der Waals surface area contributed by atoms with Crippen LogP contribution in [0.5, 0.6) is 5.75 Å². The second-order valence-electron chi connectivity index (χ2n) is 4.68. The van der Waals surface area contributed by atoms with Crippen LogP contribution in [0.15, 0.2) is 42.6 Å². The summed E-state index contributed by atoms with van der Waals surface area (Å²) < 4.78 is 5.57. The Morgan fingerprint density at radius 2 is 2.15 bits per heavy atom. The number of hydrogen-bond acceptors (Lipinski definition) is 4. The van der Waals surface area contributed by atoms with Gasteiger partial charge >= 0.3 is 0 Å². The molecule has 3 rings (SSSR count). The van der Waals surface area contributed by atoms with Crippen molar-refractivity contribution in [2.24, 2.45) is 0 Å². The average molecular weight is 269 g/mol. The van der Waals surface area contributed by atoms with Crippen molar-refractivity contribution < 1.29 is 9.53 Å². The molecule has 1 aliphatic rings. The molecule has 0 saturated carbocycles. The second kappa shape index (κ2) is 5.21. The maximum absolute atomic E-state index is 12.2. The Morgan fingerprint density at radius 1 is 1.30 bits per heavy atom. The summed E-state index contributed by atoms with van der Waals surface area (Å²) in [6.45, 7) is 0.594. The summed E-state index contributed by atoms with van der Waals surface area (Å²) in [4.78, 5) is 16.2. The lowest BCUT2D eigenvalue weighted by Gasteiger charge is -2.26. The van der Waals surface area contributed by atoms with Gasteiger partial charge in [-0.3, -0.25) is 4.79 Å². The van der Waals surface area contributed by atoms with Crippen LogP contribution in [0.4, 0.5) is 5.69 Å². The standard InChI is InChI=1S/C15H15N3O2/c16-10-5-6-13(17-9-10)15(19)18-12-7-8-20-14-4-2-1-3-11(12)14/h1-6,9,12H,7-8,16H2,(H,18,19). The molecule has 1 aliphatic heterocycles.